The Balaban J connectivity index is 2.23. The lowest BCUT2D eigenvalue weighted by molar-refractivity contribution is 0.412. The Morgan fingerprint density at radius 3 is 2.90 bits per heavy atom. The Morgan fingerprint density at radius 1 is 1.45 bits per heavy atom. The minimum absolute atomic E-state index is 0.803. The van der Waals surface area contributed by atoms with Crippen LogP contribution < -0.4 is 9.54 Å². The van der Waals surface area contributed by atoms with E-state index in [9.17, 15) is 0 Å². The number of thiazole rings is 1. The number of hydrogen-bond donors (Lipinski definition) is 0. The van der Waals surface area contributed by atoms with Crippen molar-refractivity contribution >= 4 is 33.5 Å². The summed E-state index contributed by atoms with van der Waals surface area (Å²) < 4.78 is 8.22. The highest BCUT2D eigenvalue weighted by atomic mass is 79.9. The number of hydrogen-bond acceptors (Lipinski definition) is 4. The van der Waals surface area contributed by atoms with Crippen molar-refractivity contribution in [3.05, 3.63) is 44.1 Å². The molecular weight excluding hydrogens is 338 g/mol. The molecule has 2 rings (SSSR count). The molecule has 0 unspecified atom stereocenters. The van der Waals surface area contributed by atoms with Crippen LogP contribution >= 0.6 is 27.3 Å². The van der Waals surface area contributed by atoms with Gasteiger partial charge in [-0.05, 0) is 53.5 Å². The van der Waals surface area contributed by atoms with Crippen molar-refractivity contribution in [2.45, 2.75) is 20.4 Å². The van der Waals surface area contributed by atoms with Crippen molar-refractivity contribution in [2.24, 2.45) is 10.2 Å². The highest BCUT2D eigenvalue weighted by Gasteiger charge is 2.00. The second kappa shape index (κ2) is 6.85. The zero-order valence-corrected chi connectivity index (χ0v) is 14.0. The number of nitrogens with zero attached hydrogens (tertiary/aromatic N) is 3. The predicted molar refractivity (Wildman–Crippen MR) is 86.6 cm³/mol. The van der Waals surface area contributed by atoms with Crippen LogP contribution in [0.3, 0.4) is 0 Å². The zero-order chi connectivity index (χ0) is 14.5. The molecule has 1 heterocycles. The van der Waals surface area contributed by atoms with E-state index in [2.05, 4.69) is 49.9 Å². The third-order valence-corrected chi connectivity index (χ3v) is 4.43. The lowest BCUT2D eigenvalue weighted by atomic mass is 10.2. The molecular formula is C14H16BrN3OS. The molecule has 6 heteroatoms. The summed E-state index contributed by atoms with van der Waals surface area (Å²) in [6.07, 6.45) is 1.74. The molecule has 106 valence electrons. The molecule has 1 aromatic carbocycles. The minimum Gasteiger partial charge on any atom is -0.496 e. The summed E-state index contributed by atoms with van der Waals surface area (Å²) in [4.78, 5) is 0.911. The SMILES string of the molecule is CCn1c(C)csc1=NN=Cc1ccc(OC)c(Br)c1. The maximum Gasteiger partial charge on any atom is 0.210 e. The Morgan fingerprint density at radius 2 is 2.25 bits per heavy atom. The van der Waals surface area contributed by atoms with E-state index in [0.717, 1.165) is 27.1 Å². The highest BCUT2D eigenvalue weighted by molar-refractivity contribution is 9.10. The average Bonchev–Trinajstić information content (AvgIpc) is 2.79. The molecule has 1 aromatic heterocycles. The molecule has 4 nitrogen and oxygen atoms in total. The van der Waals surface area contributed by atoms with Gasteiger partial charge in [-0.25, -0.2) is 0 Å². The lowest BCUT2D eigenvalue weighted by Crippen LogP contribution is -2.14. The molecule has 0 amide bonds. The van der Waals surface area contributed by atoms with E-state index in [1.807, 2.05) is 18.2 Å². The van der Waals surface area contributed by atoms with Crippen LogP contribution in [-0.2, 0) is 6.54 Å². The van der Waals surface area contributed by atoms with Crippen LogP contribution in [0.5, 0.6) is 5.75 Å². The number of aromatic nitrogens is 1. The van der Waals surface area contributed by atoms with Crippen LogP contribution in [0.4, 0.5) is 0 Å². The summed E-state index contributed by atoms with van der Waals surface area (Å²) in [6, 6.07) is 5.79. The number of ether oxygens (including phenoxy) is 1. The standard InChI is InChI=1S/C14H16BrN3OS/c1-4-18-10(2)9-20-14(18)17-16-8-11-5-6-13(19-3)12(15)7-11/h5-9H,4H2,1-3H3. The van der Waals surface area contributed by atoms with Crippen LogP contribution in [0.25, 0.3) is 0 Å². The Labute approximate surface area is 130 Å². The first-order valence-corrected chi connectivity index (χ1v) is 7.88. The van der Waals surface area contributed by atoms with Gasteiger partial charge in [0.2, 0.25) is 4.80 Å². The third kappa shape index (κ3) is 3.37. The first-order chi connectivity index (χ1) is 9.65. The van der Waals surface area contributed by atoms with Gasteiger partial charge in [0, 0.05) is 17.6 Å². The van der Waals surface area contributed by atoms with Crippen molar-refractivity contribution in [1.82, 2.24) is 4.57 Å². The first-order valence-electron chi connectivity index (χ1n) is 6.21. The molecule has 2 aromatic rings. The van der Waals surface area contributed by atoms with Gasteiger partial charge in [-0.3, -0.25) is 0 Å². The first kappa shape index (κ1) is 15.0. The Bertz CT molecular complexity index is 688. The van der Waals surface area contributed by atoms with E-state index in [-0.39, 0.29) is 0 Å². The second-order valence-corrected chi connectivity index (χ2v) is 5.83. The maximum absolute atomic E-state index is 5.19. The Kier molecular flexibility index (Phi) is 5.14. The van der Waals surface area contributed by atoms with Gasteiger partial charge in [0.1, 0.15) is 5.75 Å². The van der Waals surface area contributed by atoms with E-state index < -0.39 is 0 Å². The fourth-order valence-corrected chi connectivity index (χ4v) is 3.24. The summed E-state index contributed by atoms with van der Waals surface area (Å²) in [5, 5.41) is 10.5. The summed E-state index contributed by atoms with van der Waals surface area (Å²) >= 11 is 5.05. The van der Waals surface area contributed by atoms with Crippen LogP contribution in [-0.4, -0.2) is 17.9 Å². The summed E-state index contributed by atoms with van der Waals surface area (Å²) in [7, 11) is 1.64. The minimum atomic E-state index is 0.803. The van der Waals surface area contributed by atoms with E-state index >= 15 is 0 Å². The fourth-order valence-electron chi connectivity index (χ4n) is 1.79. The zero-order valence-electron chi connectivity index (χ0n) is 11.6. The molecule has 0 saturated heterocycles. The van der Waals surface area contributed by atoms with Crippen LogP contribution in [0, 0.1) is 6.92 Å². The lowest BCUT2D eigenvalue weighted by Gasteiger charge is -2.02. The van der Waals surface area contributed by atoms with Crippen molar-refractivity contribution in [1.29, 1.82) is 0 Å². The molecule has 0 aliphatic heterocycles. The molecule has 0 saturated carbocycles. The second-order valence-electron chi connectivity index (χ2n) is 4.14. The summed E-state index contributed by atoms with van der Waals surface area (Å²) in [5.74, 6) is 0.803. The topological polar surface area (TPSA) is 38.9 Å². The van der Waals surface area contributed by atoms with Gasteiger partial charge in [0.15, 0.2) is 0 Å². The monoisotopic (exact) mass is 353 g/mol. The van der Waals surface area contributed by atoms with Crippen molar-refractivity contribution in [3.63, 3.8) is 0 Å². The van der Waals surface area contributed by atoms with E-state index in [4.69, 9.17) is 4.74 Å². The fraction of sp³-hybridized carbons (Fsp3) is 0.286. The molecule has 0 spiro atoms. The quantitative estimate of drug-likeness (QED) is 0.611. The van der Waals surface area contributed by atoms with Gasteiger partial charge >= 0.3 is 0 Å². The van der Waals surface area contributed by atoms with Crippen molar-refractivity contribution < 1.29 is 4.74 Å². The van der Waals surface area contributed by atoms with Crippen molar-refractivity contribution in [2.75, 3.05) is 7.11 Å². The number of rotatable bonds is 4. The highest BCUT2D eigenvalue weighted by Crippen LogP contribution is 2.24. The third-order valence-electron chi connectivity index (χ3n) is 2.83. The molecule has 0 aliphatic carbocycles. The predicted octanol–water partition coefficient (Wildman–Crippen LogP) is 3.58. The largest absolute Gasteiger partial charge is 0.496 e. The van der Waals surface area contributed by atoms with Gasteiger partial charge in [-0.1, -0.05) is 0 Å². The smallest absolute Gasteiger partial charge is 0.210 e. The summed E-state index contributed by atoms with van der Waals surface area (Å²) in [5.41, 5.74) is 2.18. The molecule has 0 N–H and O–H groups in total. The van der Waals surface area contributed by atoms with Gasteiger partial charge in [-0.15, -0.1) is 16.4 Å². The van der Waals surface area contributed by atoms with E-state index in [1.165, 1.54) is 5.69 Å². The average molecular weight is 354 g/mol. The normalized spacial score (nSPS) is 12.3. The number of aryl methyl sites for hydroxylation is 1. The van der Waals surface area contributed by atoms with Gasteiger partial charge in [0.05, 0.1) is 17.8 Å². The van der Waals surface area contributed by atoms with Gasteiger partial charge < -0.3 is 9.30 Å². The van der Waals surface area contributed by atoms with Crippen molar-refractivity contribution in [3.8, 4) is 5.75 Å². The summed E-state index contributed by atoms with van der Waals surface area (Å²) in [6.45, 7) is 5.07. The van der Waals surface area contributed by atoms with Crippen LogP contribution in [0.1, 0.15) is 18.2 Å². The van der Waals surface area contributed by atoms with E-state index in [0.29, 0.717) is 0 Å². The number of methoxy groups -OCH3 is 1. The molecule has 0 fully saturated rings. The van der Waals surface area contributed by atoms with Gasteiger partial charge in [-0.2, -0.15) is 5.10 Å². The Hall–Kier alpha value is -1.40. The molecule has 0 radical (unpaired) electrons. The maximum atomic E-state index is 5.19. The number of benzene rings is 1. The molecule has 0 atom stereocenters. The van der Waals surface area contributed by atoms with E-state index in [1.54, 1.807) is 24.7 Å². The number of halogens is 1. The molecule has 20 heavy (non-hydrogen) atoms. The van der Waals surface area contributed by atoms with Crippen LogP contribution in [0.2, 0.25) is 0 Å². The van der Waals surface area contributed by atoms with Crippen LogP contribution in [0.15, 0.2) is 38.3 Å². The molecule has 0 bridgehead atoms. The van der Waals surface area contributed by atoms with Gasteiger partial charge in [0.25, 0.3) is 0 Å². The molecule has 0 aliphatic rings.